The molecule has 7 nitrogen and oxygen atoms in total. The Morgan fingerprint density at radius 1 is 1.28 bits per heavy atom. The van der Waals surface area contributed by atoms with Crippen LogP contribution in [-0.4, -0.2) is 40.5 Å². The van der Waals surface area contributed by atoms with Crippen LogP contribution in [0.3, 0.4) is 0 Å². The average Bonchev–Trinajstić information content (AvgIpc) is 2.72. The molecule has 0 unspecified atom stereocenters. The Hall–Kier alpha value is -3.94. The van der Waals surface area contributed by atoms with E-state index in [0.29, 0.717) is 11.1 Å². The summed E-state index contributed by atoms with van der Waals surface area (Å²) in [6.45, 7) is 0.404. The number of hydrogen-bond donors (Lipinski definition) is 2. The number of nitriles is 1. The lowest BCUT2D eigenvalue weighted by Gasteiger charge is -2.49. The maximum absolute atomic E-state index is 13.4. The van der Waals surface area contributed by atoms with Crippen LogP contribution in [-0.2, 0) is 11.6 Å². The zero-order chi connectivity index (χ0) is 23.1. The van der Waals surface area contributed by atoms with Gasteiger partial charge >= 0.3 is 12.2 Å². The van der Waals surface area contributed by atoms with Crippen LogP contribution >= 0.6 is 0 Å². The number of carbonyl (C=O) groups excluding carboxylic acids is 1. The number of alkyl halides is 3. The van der Waals surface area contributed by atoms with Gasteiger partial charge in [-0.1, -0.05) is 12.1 Å². The lowest BCUT2D eigenvalue weighted by molar-refractivity contribution is -0.140. The predicted molar refractivity (Wildman–Crippen MR) is 107 cm³/mol. The number of pyridine rings is 2. The van der Waals surface area contributed by atoms with Gasteiger partial charge in [0.2, 0.25) is 0 Å². The highest BCUT2D eigenvalue weighted by Crippen LogP contribution is 2.37. The maximum Gasteiger partial charge on any atom is 0.433 e. The number of fused-ring (bicyclic) bond motifs is 1. The lowest BCUT2D eigenvalue weighted by atomic mass is 9.76. The third-order valence-electron chi connectivity index (χ3n) is 5.44. The molecule has 1 saturated heterocycles. The number of para-hydroxylation sites is 1. The molecule has 2 aromatic heterocycles. The smallest absolute Gasteiger partial charge is 0.383 e. The van der Waals surface area contributed by atoms with Gasteiger partial charge in [0.15, 0.2) is 0 Å². The number of nitrogens with zero attached hydrogens (tertiary/aromatic N) is 4. The van der Waals surface area contributed by atoms with Crippen molar-refractivity contribution in [2.24, 2.45) is 5.73 Å². The second-order valence-corrected chi connectivity index (χ2v) is 7.56. The molecule has 1 aromatic carbocycles. The summed E-state index contributed by atoms with van der Waals surface area (Å²) in [6, 6.07) is 9.28. The highest BCUT2D eigenvalue weighted by atomic mass is 19.4. The largest absolute Gasteiger partial charge is 0.433 e. The fraction of sp³-hybridized carbons (Fsp3) is 0.238. The van der Waals surface area contributed by atoms with Gasteiger partial charge in [-0.15, -0.1) is 0 Å². The summed E-state index contributed by atoms with van der Waals surface area (Å²) in [7, 11) is 0. The van der Waals surface area contributed by atoms with Crippen molar-refractivity contribution in [3.05, 3.63) is 65.4 Å². The number of hydrogen-bond acceptors (Lipinski definition) is 5. The molecule has 11 heteroatoms. The number of aromatic nitrogens is 2. The maximum atomic E-state index is 13.4. The number of anilines is 1. The highest BCUT2D eigenvalue weighted by Gasteiger charge is 2.47. The molecule has 1 aliphatic heterocycles. The Balaban J connectivity index is 1.74. The van der Waals surface area contributed by atoms with Crippen LogP contribution in [0.15, 0.2) is 42.6 Å². The summed E-state index contributed by atoms with van der Waals surface area (Å²) in [4.78, 5) is 20.6. The summed E-state index contributed by atoms with van der Waals surface area (Å²) in [5.41, 5.74) is 3.92. The van der Waals surface area contributed by atoms with Crippen molar-refractivity contribution in [2.75, 3.05) is 25.0 Å². The van der Waals surface area contributed by atoms with Crippen molar-refractivity contribution >= 4 is 22.6 Å². The number of primary amides is 1. The fourth-order valence-corrected chi connectivity index (χ4v) is 3.79. The number of rotatable bonds is 4. The molecule has 0 aliphatic carbocycles. The number of nitrogens with two attached hydrogens (primary N) is 1. The first-order valence-electron chi connectivity index (χ1n) is 9.44. The Kier molecular flexibility index (Phi) is 5.08. The van der Waals surface area contributed by atoms with E-state index in [9.17, 15) is 27.6 Å². The van der Waals surface area contributed by atoms with E-state index in [1.54, 1.807) is 12.1 Å². The molecule has 0 saturated carbocycles. The fourth-order valence-electron chi connectivity index (χ4n) is 3.79. The van der Waals surface area contributed by atoms with Crippen molar-refractivity contribution in [2.45, 2.75) is 11.6 Å². The normalized spacial score (nSPS) is 15.2. The molecular weight excluding hydrogens is 428 g/mol. The van der Waals surface area contributed by atoms with Crippen molar-refractivity contribution in [3.8, 4) is 6.07 Å². The van der Waals surface area contributed by atoms with Gasteiger partial charge in [-0.25, -0.2) is 14.2 Å². The summed E-state index contributed by atoms with van der Waals surface area (Å²) < 4.78 is 53.7. The van der Waals surface area contributed by atoms with Gasteiger partial charge in [-0.05, 0) is 24.3 Å². The van der Waals surface area contributed by atoms with Gasteiger partial charge in [-0.2, -0.15) is 18.4 Å². The Labute approximate surface area is 179 Å². The number of benzene rings is 1. The number of likely N-dealkylation sites (tertiary alicyclic amines) is 1. The third kappa shape index (κ3) is 3.75. The summed E-state index contributed by atoms with van der Waals surface area (Å²) in [5.74, 6) is -0.540. The zero-order valence-electron chi connectivity index (χ0n) is 16.4. The highest BCUT2D eigenvalue weighted by molar-refractivity contribution is 5.94. The molecule has 0 bridgehead atoms. The topological polar surface area (TPSA) is 108 Å². The molecule has 0 radical (unpaired) electrons. The molecule has 3 heterocycles. The van der Waals surface area contributed by atoms with E-state index < -0.39 is 29.1 Å². The first kappa shape index (κ1) is 21.3. The van der Waals surface area contributed by atoms with Crippen LogP contribution < -0.4 is 11.1 Å². The van der Waals surface area contributed by atoms with E-state index in [0.717, 1.165) is 12.3 Å². The molecule has 3 N–H and O–H groups in total. The van der Waals surface area contributed by atoms with E-state index in [1.165, 1.54) is 23.1 Å². The van der Waals surface area contributed by atoms with Gasteiger partial charge in [0, 0.05) is 30.7 Å². The van der Waals surface area contributed by atoms with Crippen molar-refractivity contribution in [1.82, 2.24) is 14.9 Å². The summed E-state index contributed by atoms with van der Waals surface area (Å²) in [6.07, 6.45) is -3.69. The molecule has 0 atom stereocenters. The van der Waals surface area contributed by atoms with Gasteiger partial charge in [0.05, 0.1) is 28.4 Å². The van der Waals surface area contributed by atoms with Gasteiger partial charge in [0.1, 0.15) is 17.6 Å². The van der Waals surface area contributed by atoms with Crippen LogP contribution in [0.25, 0.3) is 10.9 Å². The number of nitrogens with one attached hydrogen (secondary N) is 1. The van der Waals surface area contributed by atoms with E-state index in [2.05, 4.69) is 15.3 Å². The van der Waals surface area contributed by atoms with E-state index in [4.69, 9.17) is 5.73 Å². The van der Waals surface area contributed by atoms with Crippen molar-refractivity contribution in [1.29, 1.82) is 5.26 Å². The van der Waals surface area contributed by atoms with Crippen LogP contribution in [0.2, 0.25) is 0 Å². The average molecular weight is 444 g/mol. The number of carbonyl (C=O) groups is 1. The van der Waals surface area contributed by atoms with Crippen LogP contribution in [0, 0.1) is 17.1 Å². The second-order valence-electron chi connectivity index (χ2n) is 7.56. The molecule has 164 valence electrons. The van der Waals surface area contributed by atoms with Gasteiger partial charge < -0.3 is 16.0 Å². The standard InChI is InChI=1S/C21H16F4N6O/c22-13-4-5-16(28-8-13)20(10-31(11-20)19(27)32)9-29-15-6-17(21(23,24)25)30-18-12(7-26)2-1-3-14(15)18/h1-6,8H,9-11H2,(H2,27,32)(H,29,30). The molecule has 1 aliphatic rings. The van der Waals surface area contributed by atoms with Crippen LogP contribution in [0.4, 0.5) is 28.0 Å². The molecular formula is C21H16F4N6O. The van der Waals surface area contributed by atoms with Crippen LogP contribution in [0.1, 0.15) is 17.0 Å². The lowest BCUT2D eigenvalue weighted by Crippen LogP contribution is -2.65. The zero-order valence-corrected chi connectivity index (χ0v) is 16.4. The minimum Gasteiger partial charge on any atom is -0.383 e. The van der Waals surface area contributed by atoms with E-state index in [-0.39, 0.29) is 36.4 Å². The SMILES string of the molecule is N#Cc1cccc2c(NCC3(c4ccc(F)cn4)CN(C(N)=O)C3)cc(C(F)(F)F)nc12. The van der Waals surface area contributed by atoms with Crippen molar-refractivity contribution < 1.29 is 22.4 Å². The van der Waals surface area contributed by atoms with Gasteiger partial charge in [-0.3, -0.25) is 4.98 Å². The third-order valence-corrected chi connectivity index (χ3v) is 5.44. The van der Waals surface area contributed by atoms with Gasteiger partial charge in [0.25, 0.3) is 0 Å². The van der Waals surface area contributed by atoms with E-state index >= 15 is 0 Å². The molecule has 4 rings (SSSR count). The number of halogens is 4. The second kappa shape index (κ2) is 7.64. The quantitative estimate of drug-likeness (QED) is 0.600. The molecule has 1 fully saturated rings. The first-order valence-corrected chi connectivity index (χ1v) is 9.44. The molecule has 0 spiro atoms. The molecule has 2 amide bonds. The number of amides is 2. The Morgan fingerprint density at radius 3 is 2.62 bits per heavy atom. The Bertz CT molecular complexity index is 1230. The minimum absolute atomic E-state index is 0.00936. The monoisotopic (exact) mass is 444 g/mol. The van der Waals surface area contributed by atoms with E-state index in [1.807, 2.05) is 6.07 Å². The first-order chi connectivity index (χ1) is 15.1. The summed E-state index contributed by atoms with van der Waals surface area (Å²) in [5, 5.41) is 12.6. The van der Waals surface area contributed by atoms with Crippen LogP contribution in [0.5, 0.6) is 0 Å². The number of urea groups is 1. The molecule has 32 heavy (non-hydrogen) atoms. The predicted octanol–water partition coefficient (Wildman–Crippen LogP) is 3.40. The summed E-state index contributed by atoms with van der Waals surface area (Å²) >= 11 is 0. The molecule has 3 aromatic rings. The minimum atomic E-state index is -4.72. The Morgan fingerprint density at radius 2 is 2.03 bits per heavy atom. The van der Waals surface area contributed by atoms with Crippen molar-refractivity contribution in [3.63, 3.8) is 0 Å².